The lowest BCUT2D eigenvalue weighted by atomic mass is 9.79. The van der Waals surface area contributed by atoms with Gasteiger partial charge in [0.25, 0.3) is 0 Å². The molecule has 2 rings (SSSR count). The molecule has 0 saturated heterocycles. The smallest absolute Gasteiger partial charge is 0.158 e. The summed E-state index contributed by atoms with van der Waals surface area (Å²) in [6.45, 7) is 5.83. The largest absolute Gasteiger partial charge is 0.391 e. The third-order valence-corrected chi connectivity index (χ3v) is 4.66. The molecule has 0 aromatic heterocycles. The first-order valence-corrected chi connectivity index (χ1v) is 7.56. The van der Waals surface area contributed by atoms with Crippen molar-refractivity contribution < 1.29 is 9.90 Å². The van der Waals surface area contributed by atoms with Crippen LogP contribution in [0.2, 0.25) is 0 Å². The average Bonchev–Trinajstić information content (AvgIpc) is 2.43. The van der Waals surface area contributed by atoms with Crippen LogP contribution in [0, 0.1) is 5.41 Å². The van der Waals surface area contributed by atoms with E-state index in [1.165, 1.54) is 32.1 Å². The Hall–Kier alpha value is -0.670. The maximum atomic E-state index is 12.0. The van der Waals surface area contributed by atoms with Crippen LogP contribution in [0.1, 0.15) is 59.3 Å². The van der Waals surface area contributed by atoms with E-state index in [0.717, 1.165) is 5.57 Å². The standard InChI is InChI=1S/C16H27NO2/c1-11-9-13(17-12-7-5-4-6-8-12)15(19)16(2,3)10-14(11)18/h9,12-13,15,17,19H,4-8,10H2,1-3H3. The quantitative estimate of drug-likeness (QED) is 0.807. The second kappa shape index (κ2) is 5.76. The van der Waals surface area contributed by atoms with Crippen LogP contribution in [0.15, 0.2) is 11.6 Å². The molecule has 0 radical (unpaired) electrons. The number of Topliss-reactive ketones (excluding diaryl/α,β-unsaturated/α-hetero) is 1. The summed E-state index contributed by atoms with van der Waals surface area (Å²) in [6, 6.07) is 0.394. The zero-order chi connectivity index (χ0) is 14.0. The molecule has 2 atom stereocenters. The van der Waals surface area contributed by atoms with Crippen molar-refractivity contribution in [3.8, 4) is 0 Å². The second-order valence-corrected chi connectivity index (χ2v) is 6.91. The minimum atomic E-state index is -0.504. The van der Waals surface area contributed by atoms with E-state index >= 15 is 0 Å². The summed E-state index contributed by atoms with van der Waals surface area (Å²) in [5.41, 5.74) is 0.426. The van der Waals surface area contributed by atoms with E-state index in [1.807, 2.05) is 26.8 Å². The third-order valence-electron chi connectivity index (χ3n) is 4.66. The average molecular weight is 265 g/mol. The van der Waals surface area contributed by atoms with Gasteiger partial charge in [0.15, 0.2) is 5.78 Å². The Labute approximate surface area is 116 Å². The number of carbonyl (C=O) groups excluding carboxylic acids is 1. The predicted octanol–water partition coefficient (Wildman–Crippen LogP) is 2.58. The van der Waals surface area contributed by atoms with Crippen molar-refractivity contribution in [3.63, 3.8) is 0 Å². The zero-order valence-corrected chi connectivity index (χ0v) is 12.4. The van der Waals surface area contributed by atoms with Crippen molar-refractivity contribution in [1.82, 2.24) is 5.32 Å². The van der Waals surface area contributed by atoms with Gasteiger partial charge in [-0.1, -0.05) is 39.2 Å². The summed E-state index contributed by atoms with van der Waals surface area (Å²) in [5, 5.41) is 14.2. The lowest BCUT2D eigenvalue weighted by Crippen LogP contribution is -2.50. The lowest BCUT2D eigenvalue weighted by molar-refractivity contribution is -0.118. The second-order valence-electron chi connectivity index (χ2n) is 6.91. The number of aliphatic hydroxyl groups excluding tert-OH is 1. The molecule has 19 heavy (non-hydrogen) atoms. The van der Waals surface area contributed by atoms with Crippen molar-refractivity contribution in [2.75, 3.05) is 0 Å². The number of hydrogen-bond acceptors (Lipinski definition) is 3. The fourth-order valence-electron chi connectivity index (χ4n) is 3.28. The van der Waals surface area contributed by atoms with Crippen LogP contribution >= 0.6 is 0 Å². The molecule has 0 aliphatic heterocycles. The Morgan fingerprint density at radius 2 is 1.89 bits per heavy atom. The van der Waals surface area contributed by atoms with Crippen molar-refractivity contribution in [2.45, 2.75) is 77.5 Å². The normalized spacial score (nSPS) is 32.8. The van der Waals surface area contributed by atoms with Gasteiger partial charge < -0.3 is 10.4 Å². The Kier molecular flexibility index (Phi) is 4.46. The fourth-order valence-corrected chi connectivity index (χ4v) is 3.28. The fraction of sp³-hybridized carbons (Fsp3) is 0.812. The molecule has 0 heterocycles. The minimum Gasteiger partial charge on any atom is -0.391 e. The monoisotopic (exact) mass is 265 g/mol. The summed E-state index contributed by atoms with van der Waals surface area (Å²) in [6.07, 6.45) is 8.10. The summed E-state index contributed by atoms with van der Waals surface area (Å²) in [4.78, 5) is 12.0. The van der Waals surface area contributed by atoms with E-state index in [4.69, 9.17) is 0 Å². The van der Waals surface area contributed by atoms with Crippen LogP contribution in [-0.2, 0) is 4.79 Å². The molecule has 1 saturated carbocycles. The van der Waals surface area contributed by atoms with Crippen molar-refractivity contribution in [3.05, 3.63) is 11.6 Å². The Morgan fingerprint density at radius 3 is 2.53 bits per heavy atom. The van der Waals surface area contributed by atoms with Crippen LogP contribution in [0.5, 0.6) is 0 Å². The highest BCUT2D eigenvalue weighted by molar-refractivity contribution is 5.95. The van der Waals surface area contributed by atoms with Gasteiger partial charge in [-0.05, 0) is 30.8 Å². The minimum absolute atomic E-state index is 0.0930. The van der Waals surface area contributed by atoms with Gasteiger partial charge in [0.2, 0.25) is 0 Å². The molecular formula is C16H27NO2. The molecule has 108 valence electrons. The molecule has 1 fully saturated rings. The number of rotatable bonds is 2. The highest BCUT2D eigenvalue weighted by atomic mass is 16.3. The van der Waals surface area contributed by atoms with Crippen LogP contribution in [0.3, 0.4) is 0 Å². The molecule has 2 N–H and O–H groups in total. The highest BCUT2D eigenvalue weighted by Gasteiger charge is 2.38. The summed E-state index contributed by atoms with van der Waals surface area (Å²) in [7, 11) is 0. The van der Waals surface area contributed by atoms with E-state index in [-0.39, 0.29) is 17.2 Å². The zero-order valence-electron chi connectivity index (χ0n) is 12.4. The van der Waals surface area contributed by atoms with Gasteiger partial charge in [-0.3, -0.25) is 4.79 Å². The highest BCUT2D eigenvalue weighted by Crippen LogP contribution is 2.33. The predicted molar refractivity (Wildman–Crippen MR) is 77.0 cm³/mol. The first-order valence-electron chi connectivity index (χ1n) is 7.56. The van der Waals surface area contributed by atoms with Crippen molar-refractivity contribution in [2.24, 2.45) is 5.41 Å². The SMILES string of the molecule is CC1=CC(NC2CCCCC2)C(O)C(C)(C)CC1=O. The molecular weight excluding hydrogens is 238 g/mol. The maximum Gasteiger partial charge on any atom is 0.158 e. The van der Waals surface area contributed by atoms with Gasteiger partial charge in [-0.2, -0.15) is 0 Å². The van der Waals surface area contributed by atoms with Crippen LogP contribution in [-0.4, -0.2) is 29.1 Å². The van der Waals surface area contributed by atoms with E-state index < -0.39 is 6.10 Å². The first kappa shape index (κ1) is 14.7. The first-order chi connectivity index (χ1) is 8.90. The molecule has 2 unspecified atom stereocenters. The van der Waals surface area contributed by atoms with E-state index in [9.17, 15) is 9.90 Å². The molecule has 0 amide bonds. The van der Waals surface area contributed by atoms with Crippen LogP contribution < -0.4 is 5.32 Å². The molecule has 0 aromatic carbocycles. The van der Waals surface area contributed by atoms with Crippen LogP contribution in [0.25, 0.3) is 0 Å². The van der Waals surface area contributed by atoms with E-state index in [0.29, 0.717) is 12.5 Å². The molecule has 0 bridgehead atoms. The topological polar surface area (TPSA) is 49.3 Å². The molecule has 0 spiro atoms. The number of ketones is 1. The number of hydrogen-bond donors (Lipinski definition) is 2. The number of nitrogens with one attached hydrogen (secondary N) is 1. The Bertz CT molecular complexity index is 367. The molecule has 2 aliphatic rings. The number of aliphatic hydroxyl groups is 1. The van der Waals surface area contributed by atoms with E-state index in [1.54, 1.807) is 0 Å². The molecule has 3 nitrogen and oxygen atoms in total. The van der Waals surface area contributed by atoms with Crippen molar-refractivity contribution in [1.29, 1.82) is 0 Å². The van der Waals surface area contributed by atoms with Gasteiger partial charge in [-0.15, -0.1) is 0 Å². The number of carbonyl (C=O) groups is 1. The van der Waals surface area contributed by atoms with Gasteiger partial charge in [-0.25, -0.2) is 0 Å². The Balaban J connectivity index is 2.13. The van der Waals surface area contributed by atoms with Gasteiger partial charge in [0, 0.05) is 12.5 Å². The third kappa shape index (κ3) is 3.46. The van der Waals surface area contributed by atoms with Gasteiger partial charge >= 0.3 is 0 Å². The maximum absolute atomic E-state index is 12.0. The number of allylic oxidation sites excluding steroid dienone is 1. The van der Waals surface area contributed by atoms with Gasteiger partial charge in [0.05, 0.1) is 12.1 Å². The summed E-state index contributed by atoms with van der Waals surface area (Å²) < 4.78 is 0. The van der Waals surface area contributed by atoms with E-state index in [2.05, 4.69) is 5.32 Å². The summed E-state index contributed by atoms with van der Waals surface area (Å²) in [5.74, 6) is 0.164. The Morgan fingerprint density at radius 1 is 1.26 bits per heavy atom. The van der Waals surface area contributed by atoms with Crippen LogP contribution in [0.4, 0.5) is 0 Å². The summed E-state index contributed by atoms with van der Waals surface area (Å²) >= 11 is 0. The molecule has 0 aromatic rings. The molecule has 3 heteroatoms. The van der Waals surface area contributed by atoms with Crippen molar-refractivity contribution >= 4 is 5.78 Å². The molecule has 2 aliphatic carbocycles. The van der Waals surface area contributed by atoms with Gasteiger partial charge in [0.1, 0.15) is 0 Å². The lowest BCUT2D eigenvalue weighted by Gasteiger charge is -2.36.